The molecule has 1 aliphatic rings. The molecule has 0 spiro atoms. The molecule has 4 nitrogen and oxygen atoms in total. The third-order valence-corrected chi connectivity index (χ3v) is 4.38. The summed E-state index contributed by atoms with van der Waals surface area (Å²) < 4.78 is 2.05. The zero-order chi connectivity index (χ0) is 15.1. The zero-order valence-corrected chi connectivity index (χ0v) is 12.4. The molecule has 1 aromatic carbocycles. The molecule has 1 aliphatic heterocycles. The number of amides is 1. The Morgan fingerprint density at radius 1 is 1.27 bits per heavy atom. The summed E-state index contributed by atoms with van der Waals surface area (Å²) in [6.45, 7) is 0.735. The standard InChI is InChI=1S/C18H17N3O/c1-21-11-16(15-6-3-7-19-18(15)21)13-5-2-4-12(8-13)14-9-17(22)20-10-14/h2-8,11,14H,9-10H2,1H3,(H,20,22). The summed E-state index contributed by atoms with van der Waals surface area (Å²) >= 11 is 0. The van der Waals surface area contributed by atoms with Gasteiger partial charge in [0.25, 0.3) is 0 Å². The summed E-state index contributed by atoms with van der Waals surface area (Å²) in [7, 11) is 2.02. The van der Waals surface area contributed by atoms with Crippen molar-refractivity contribution >= 4 is 16.9 Å². The smallest absolute Gasteiger partial charge is 0.220 e. The number of aromatic nitrogens is 2. The fourth-order valence-corrected chi connectivity index (χ4v) is 3.24. The van der Waals surface area contributed by atoms with Gasteiger partial charge in [-0.2, -0.15) is 0 Å². The minimum atomic E-state index is 0.143. The van der Waals surface area contributed by atoms with Gasteiger partial charge in [0.05, 0.1) is 0 Å². The largest absolute Gasteiger partial charge is 0.355 e. The summed E-state index contributed by atoms with van der Waals surface area (Å²) in [5.74, 6) is 0.422. The molecule has 1 N–H and O–H groups in total. The monoisotopic (exact) mass is 291 g/mol. The van der Waals surface area contributed by atoms with Crippen molar-refractivity contribution in [2.45, 2.75) is 12.3 Å². The number of benzene rings is 1. The first-order chi connectivity index (χ1) is 10.7. The minimum Gasteiger partial charge on any atom is -0.355 e. The van der Waals surface area contributed by atoms with E-state index in [1.54, 1.807) is 0 Å². The van der Waals surface area contributed by atoms with Crippen LogP contribution in [0.2, 0.25) is 0 Å². The number of carbonyl (C=O) groups is 1. The average Bonchev–Trinajstić information content (AvgIpc) is 3.12. The van der Waals surface area contributed by atoms with Crippen molar-refractivity contribution in [3.05, 3.63) is 54.4 Å². The molecule has 0 saturated carbocycles. The molecule has 4 rings (SSSR count). The Bertz CT molecular complexity index is 866. The fourth-order valence-electron chi connectivity index (χ4n) is 3.24. The number of rotatable bonds is 2. The predicted molar refractivity (Wildman–Crippen MR) is 86.5 cm³/mol. The molecule has 0 bridgehead atoms. The SMILES string of the molecule is Cn1cc(-c2cccc(C3CNC(=O)C3)c2)c2cccnc21. The average molecular weight is 291 g/mol. The van der Waals surface area contributed by atoms with Crippen LogP contribution in [0.15, 0.2) is 48.8 Å². The lowest BCUT2D eigenvalue weighted by Crippen LogP contribution is -2.13. The highest BCUT2D eigenvalue weighted by atomic mass is 16.1. The Labute approximate surface area is 128 Å². The fraction of sp³-hybridized carbons (Fsp3) is 0.222. The summed E-state index contributed by atoms with van der Waals surface area (Å²) in [6.07, 6.45) is 4.52. The number of nitrogens with one attached hydrogen (secondary N) is 1. The van der Waals surface area contributed by atoms with E-state index in [4.69, 9.17) is 0 Å². The van der Waals surface area contributed by atoms with Crippen molar-refractivity contribution in [1.29, 1.82) is 0 Å². The van der Waals surface area contributed by atoms with Crippen LogP contribution in [0.25, 0.3) is 22.2 Å². The molecule has 1 atom stereocenters. The van der Waals surface area contributed by atoms with Crippen LogP contribution in [0.3, 0.4) is 0 Å². The molecule has 0 radical (unpaired) electrons. The van der Waals surface area contributed by atoms with Crippen LogP contribution in [0.4, 0.5) is 0 Å². The molecule has 110 valence electrons. The van der Waals surface area contributed by atoms with E-state index in [0.29, 0.717) is 6.42 Å². The lowest BCUT2D eigenvalue weighted by molar-refractivity contribution is -0.119. The molecule has 3 aromatic rings. The number of aryl methyl sites for hydroxylation is 1. The van der Waals surface area contributed by atoms with Gasteiger partial charge in [0.1, 0.15) is 5.65 Å². The van der Waals surface area contributed by atoms with E-state index < -0.39 is 0 Å². The third-order valence-electron chi connectivity index (χ3n) is 4.38. The van der Waals surface area contributed by atoms with E-state index in [2.05, 4.69) is 51.4 Å². The first kappa shape index (κ1) is 13.1. The van der Waals surface area contributed by atoms with Crippen LogP contribution < -0.4 is 5.32 Å². The maximum absolute atomic E-state index is 11.4. The van der Waals surface area contributed by atoms with Gasteiger partial charge in [0, 0.05) is 49.3 Å². The Hall–Kier alpha value is -2.62. The first-order valence-corrected chi connectivity index (χ1v) is 7.49. The summed E-state index contributed by atoms with van der Waals surface area (Å²) in [6, 6.07) is 12.6. The van der Waals surface area contributed by atoms with Gasteiger partial charge < -0.3 is 9.88 Å². The second-order valence-corrected chi connectivity index (χ2v) is 5.86. The van der Waals surface area contributed by atoms with Crippen LogP contribution >= 0.6 is 0 Å². The molecule has 22 heavy (non-hydrogen) atoms. The Morgan fingerprint density at radius 2 is 2.18 bits per heavy atom. The van der Waals surface area contributed by atoms with Gasteiger partial charge in [0.15, 0.2) is 0 Å². The lowest BCUT2D eigenvalue weighted by Gasteiger charge is -2.09. The molecular weight excluding hydrogens is 274 g/mol. The van der Waals surface area contributed by atoms with Crippen molar-refractivity contribution in [2.24, 2.45) is 7.05 Å². The minimum absolute atomic E-state index is 0.143. The van der Waals surface area contributed by atoms with Crippen molar-refractivity contribution < 1.29 is 4.79 Å². The quantitative estimate of drug-likeness (QED) is 0.789. The van der Waals surface area contributed by atoms with Gasteiger partial charge in [-0.25, -0.2) is 4.98 Å². The zero-order valence-electron chi connectivity index (χ0n) is 12.4. The molecule has 1 amide bonds. The van der Waals surface area contributed by atoms with Crippen molar-refractivity contribution in [3.63, 3.8) is 0 Å². The van der Waals surface area contributed by atoms with Gasteiger partial charge in [-0.1, -0.05) is 24.3 Å². The predicted octanol–water partition coefficient (Wildman–Crippen LogP) is 2.84. The molecule has 1 fully saturated rings. The first-order valence-electron chi connectivity index (χ1n) is 7.49. The number of carbonyl (C=O) groups excluding carboxylic acids is 1. The van der Waals surface area contributed by atoms with Crippen LogP contribution in [0.5, 0.6) is 0 Å². The Balaban J connectivity index is 1.80. The second kappa shape index (κ2) is 4.98. The molecule has 2 aromatic heterocycles. The highest BCUT2D eigenvalue weighted by Gasteiger charge is 2.23. The molecule has 0 aliphatic carbocycles. The normalized spacial score (nSPS) is 17.9. The highest BCUT2D eigenvalue weighted by Crippen LogP contribution is 2.32. The van der Waals surface area contributed by atoms with E-state index in [0.717, 1.165) is 17.6 Å². The maximum atomic E-state index is 11.4. The maximum Gasteiger partial charge on any atom is 0.220 e. The topological polar surface area (TPSA) is 46.9 Å². The number of fused-ring (bicyclic) bond motifs is 1. The van der Waals surface area contributed by atoms with Crippen molar-refractivity contribution in [3.8, 4) is 11.1 Å². The van der Waals surface area contributed by atoms with Crippen LogP contribution in [0.1, 0.15) is 17.9 Å². The van der Waals surface area contributed by atoms with Gasteiger partial charge in [-0.05, 0) is 23.3 Å². The van der Waals surface area contributed by atoms with Gasteiger partial charge in [0.2, 0.25) is 5.91 Å². The van der Waals surface area contributed by atoms with Crippen LogP contribution in [-0.4, -0.2) is 22.0 Å². The molecule has 3 heterocycles. The van der Waals surface area contributed by atoms with E-state index in [1.165, 1.54) is 16.7 Å². The van der Waals surface area contributed by atoms with E-state index in [1.807, 2.05) is 19.3 Å². The Kier molecular flexibility index (Phi) is 2.96. The molecule has 4 heteroatoms. The summed E-state index contributed by atoms with van der Waals surface area (Å²) in [4.78, 5) is 15.9. The van der Waals surface area contributed by atoms with Crippen LogP contribution in [-0.2, 0) is 11.8 Å². The van der Waals surface area contributed by atoms with Gasteiger partial charge >= 0.3 is 0 Å². The van der Waals surface area contributed by atoms with Crippen molar-refractivity contribution in [2.75, 3.05) is 6.54 Å². The number of hydrogen-bond acceptors (Lipinski definition) is 2. The number of hydrogen-bond donors (Lipinski definition) is 1. The second-order valence-electron chi connectivity index (χ2n) is 5.86. The third kappa shape index (κ3) is 2.08. The number of nitrogens with zero attached hydrogens (tertiary/aromatic N) is 2. The molecular formula is C18H17N3O. The molecule has 1 saturated heterocycles. The van der Waals surface area contributed by atoms with Crippen LogP contribution in [0, 0.1) is 0 Å². The number of pyridine rings is 1. The summed E-state index contributed by atoms with van der Waals surface area (Å²) in [5.41, 5.74) is 4.57. The lowest BCUT2D eigenvalue weighted by atomic mass is 9.94. The van der Waals surface area contributed by atoms with Crippen molar-refractivity contribution in [1.82, 2.24) is 14.9 Å². The highest BCUT2D eigenvalue weighted by molar-refractivity contribution is 5.94. The van der Waals surface area contributed by atoms with E-state index in [9.17, 15) is 4.79 Å². The van der Waals surface area contributed by atoms with Gasteiger partial charge in [-0.15, -0.1) is 0 Å². The van der Waals surface area contributed by atoms with E-state index in [-0.39, 0.29) is 11.8 Å². The molecule has 1 unspecified atom stereocenters. The Morgan fingerprint density at radius 3 is 3.00 bits per heavy atom. The van der Waals surface area contributed by atoms with Gasteiger partial charge in [-0.3, -0.25) is 4.79 Å². The summed E-state index contributed by atoms with van der Waals surface area (Å²) in [5, 5.41) is 4.06. The van der Waals surface area contributed by atoms with E-state index >= 15 is 0 Å².